The van der Waals surface area contributed by atoms with Crippen molar-refractivity contribution in [3.8, 4) is 5.75 Å². The van der Waals surface area contributed by atoms with Gasteiger partial charge in [-0.25, -0.2) is 0 Å². The monoisotopic (exact) mass is 402 g/mol. The van der Waals surface area contributed by atoms with Gasteiger partial charge in [-0.15, -0.1) is 0 Å². The van der Waals surface area contributed by atoms with E-state index in [-0.39, 0.29) is 11.8 Å². The van der Waals surface area contributed by atoms with Crippen LogP contribution in [0.25, 0.3) is 0 Å². The Hall–Kier alpha value is -1.92. The molecule has 160 valence electrons. The predicted octanol–water partition coefficient (Wildman–Crippen LogP) is 3.81. The maximum Gasteiger partial charge on any atom is 0.118 e. The number of rotatable bonds is 13. The first-order valence-corrected chi connectivity index (χ1v) is 10.2. The molecule has 2 aromatic rings. The van der Waals surface area contributed by atoms with Crippen molar-refractivity contribution in [1.29, 1.82) is 0 Å². The van der Waals surface area contributed by atoms with Crippen molar-refractivity contribution in [2.75, 3.05) is 20.3 Å². The molecule has 0 aliphatic heterocycles. The maximum absolute atomic E-state index is 10.6. The van der Waals surface area contributed by atoms with Crippen LogP contribution in [0, 0.1) is 11.8 Å². The number of aliphatic hydroxyl groups excluding tert-OH is 2. The zero-order valence-electron chi connectivity index (χ0n) is 17.7. The van der Waals surface area contributed by atoms with Crippen molar-refractivity contribution >= 4 is 0 Å². The first-order valence-electron chi connectivity index (χ1n) is 10.2. The summed E-state index contributed by atoms with van der Waals surface area (Å²) in [6, 6.07) is 17.7. The molecule has 0 fully saturated rings. The zero-order chi connectivity index (χ0) is 21.1. The van der Waals surface area contributed by atoms with Crippen LogP contribution in [-0.4, -0.2) is 42.7 Å². The Bertz CT molecular complexity index is 673. The minimum atomic E-state index is -0.644. The zero-order valence-corrected chi connectivity index (χ0v) is 17.7. The van der Waals surface area contributed by atoms with Crippen LogP contribution in [0.5, 0.6) is 5.75 Å². The fraction of sp³-hybridized carbons (Fsp3) is 0.500. The van der Waals surface area contributed by atoms with E-state index in [1.807, 2.05) is 68.4 Å². The standard InChI is InChI=1S/C24H34O5/c1-18(15-29-17-21-9-11-22(27-3)12-10-21)24(26)19(2)23(25)13-14-28-16-20-7-5-4-6-8-20/h4-12,18-19,23-26H,13-17H2,1-3H3/t18-,19-,23-,24+/m0/s1. The van der Waals surface area contributed by atoms with Crippen LogP contribution in [0.2, 0.25) is 0 Å². The average Bonchev–Trinajstić information content (AvgIpc) is 2.76. The third-order valence-corrected chi connectivity index (χ3v) is 5.21. The summed E-state index contributed by atoms with van der Waals surface area (Å²) >= 11 is 0. The van der Waals surface area contributed by atoms with E-state index < -0.39 is 12.2 Å². The summed E-state index contributed by atoms with van der Waals surface area (Å²) in [4.78, 5) is 0. The van der Waals surface area contributed by atoms with Gasteiger partial charge in [0.15, 0.2) is 0 Å². The number of hydrogen-bond donors (Lipinski definition) is 2. The van der Waals surface area contributed by atoms with Crippen molar-refractivity contribution < 1.29 is 24.4 Å². The van der Waals surface area contributed by atoms with E-state index in [1.54, 1.807) is 7.11 Å². The molecule has 5 nitrogen and oxygen atoms in total. The Morgan fingerprint density at radius 3 is 2.10 bits per heavy atom. The number of hydrogen-bond acceptors (Lipinski definition) is 5. The molecule has 0 bridgehead atoms. The minimum absolute atomic E-state index is 0.0804. The summed E-state index contributed by atoms with van der Waals surface area (Å²) in [5, 5.41) is 21.0. The number of benzene rings is 2. The van der Waals surface area contributed by atoms with Gasteiger partial charge in [0.05, 0.1) is 39.1 Å². The normalized spacial score (nSPS) is 15.5. The van der Waals surface area contributed by atoms with Gasteiger partial charge in [0.2, 0.25) is 0 Å². The number of ether oxygens (including phenoxy) is 3. The van der Waals surface area contributed by atoms with Crippen LogP contribution in [0.4, 0.5) is 0 Å². The van der Waals surface area contributed by atoms with E-state index in [1.165, 1.54) is 0 Å². The Kier molecular flexibility index (Phi) is 10.2. The van der Waals surface area contributed by atoms with E-state index in [2.05, 4.69) is 0 Å². The van der Waals surface area contributed by atoms with Gasteiger partial charge in [-0.2, -0.15) is 0 Å². The Labute approximate surface area is 174 Å². The number of methoxy groups -OCH3 is 1. The van der Waals surface area contributed by atoms with Crippen LogP contribution in [0.1, 0.15) is 31.4 Å². The largest absolute Gasteiger partial charge is 0.497 e. The smallest absolute Gasteiger partial charge is 0.118 e. The molecule has 0 heterocycles. The lowest BCUT2D eigenvalue weighted by Gasteiger charge is -2.28. The van der Waals surface area contributed by atoms with Gasteiger partial charge >= 0.3 is 0 Å². The fourth-order valence-corrected chi connectivity index (χ4v) is 3.16. The van der Waals surface area contributed by atoms with Crippen LogP contribution in [0.3, 0.4) is 0 Å². The van der Waals surface area contributed by atoms with Crippen molar-refractivity contribution in [2.24, 2.45) is 11.8 Å². The van der Waals surface area contributed by atoms with E-state index in [0.29, 0.717) is 32.8 Å². The van der Waals surface area contributed by atoms with Gasteiger partial charge in [-0.3, -0.25) is 0 Å². The van der Waals surface area contributed by atoms with Crippen LogP contribution in [-0.2, 0) is 22.7 Å². The summed E-state index contributed by atoms with van der Waals surface area (Å²) in [6.45, 7) is 5.69. The summed E-state index contributed by atoms with van der Waals surface area (Å²) < 4.78 is 16.5. The lowest BCUT2D eigenvalue weighted by atomic mass is 9.88. The highest BCUT2D eigenvalue weighted by molar-refractivity contribution is 5.26. The van der Waals surface area contributed by atoms with Gasteiger partial charge in [0, 0.05) is 18.4 Å². The van der Waals surface area contributed by atoms with Crippen molar-refractivity contribution in [2.45, 2.75) is 45.7 Å². The molecule has 0 amide bonds. The van der Waals surface area contributed by atoms with Gasteiger partial charge in [-0.05, 0) is 29.7 Å². The molecule has 0 unspecified atom stereocenters. The molecule has 2 N–H and O–H groups in total. The van der Waals surface area contributed by atoms with Gasteiger partial charge in [-0.1, -0.05) is 56.3 Å². The molecule has 0 saturated heterocycles. The second-order valence-corrected chi connectivity index (χ2v) is 7.58. The first kappa shape index (κ1) is 23.4. The summed E-state index contributed by atoms with van der Waals surface area (Å²) in [7, 11) is 1.64. The highest BCUT2D eigenvalue weighted by Crippen LogP contribution is 2.20. The quantitative estimate of drug-likeness (QED) is 0.499. The van der Waals surface area contributed by atoms with Crippen molar-refractivity contribution in [3.05, 3.63) is 65.7 Å². The molecule has 0 aromatic heterocycles. The highest BCUT2D eigenvalue weighted by Gasteiger charge is 2.27. The van der Waals surface area contributed by atoms with E-state index >= 15 is 0 Å². The lowest BCUT2D eigenvalue weighted by molar-refractivity contribution is -0.0434. The van der Waals surface area contributed by atoms with Crippen LogP contribution in [0.15, 0.2) is 54.6 Å². The Morgan fingerprint density at radius 1 is 0.828 bits per heavy atom. The average molecular weight is 403 g/mol. The first-order chi connectivity index (χ1) is 14.0. The van der Waals surface area contributed by atoms with E-state index in [4.69, 9.17) is 14.2 Å². The summed E-state index contributed by atoms with van der Waals surface area (Å²) in [5.41, 5.74) is 2.16. The van der Waals surface area contributed by atoms with Crippen molar-refractivity contribution in [1.82, 2.24) is 0 Å². The van der Waals surface area contributed by atoms with Gasteiger partial charge in [0.25, 0.3) is 0 Å². The SMILES string of the molecule is COc1ccc(COC[C@H](C)[C@@H](O)[C@@H](C)[C@@H](O)CCOCc2ccccc2)cc1. The molecule has 0 radical (unpaired) electrons. The molecule has 29 heavy (non-hydrogen) atoms. The minimum Gasteiger partial charge on any atom is -0.497 e. The fourth-order valence-electron chi connectivity index (χ4n) is 3.16. The second kappa shape index (κ2) is 12.6. The third-order valence-electron chi connectivity index (χ3n) is 5.21. The molecule has 0 aliphatic rings. The van der Waals surface area contributed by atoms with E-state index in [9.17, 15) is 10.2 Å². The molecule has 0 aliphatic carbocycles. The van der Waals surface area contributed by atoms with Gasteiger partial charge in [0.1, 0.15) is 5.75 Å². The highest BCUT2D eigenvalue weighted by atomic mass is 16.5. The van der Waals surface area contributed by atoms with Crippen LogP contribution < -0.4 is 4.74 Å². The molecule has 4 atom stereocenters. The Balaban J connectivity index is 1.65. The van der Waals surface area contributed by atoms with E-state index in [0.717, 1.165) is 16.9 Å². The molecule has 2 aromatic carbocycles. The van der Waals surface area contributed by atoms with Crippen molar-refractivity contribution in [3.63, 3.8) is 0 Å². The van der Waals surface area contributed by atoms with Crippen LogP contribution >= 0.6 is 0 Å². The molecule has 5 heteroatoms. The third kappa shape index (κ3) is 8.15. The number of aliphatic hydroxyl groups is 2. The predicted molar refractivity (Wildman–Crippen MR) is 114 cm³/mol. The molecule has 2 rings (SSSR count). The molecule has 0 spiro atoms. The summed E-state index contributed by atoms with van der Waals surface area (Å²) in [5.74, 6) is 0.478. The second-order valence-electron chi connectivity index (χ2n) is 7.58. The topological polar surface area (TPSA) is 68.2 Å². The summed E-state index contributed by atoms with van der Waals surface area (Å²) in [6.07, 6.45) is -0.774. The maximum atomic E-state index is 10.6. The van der Waals surface area contributed by atoms with Gasteiger partial charge < -0.3 is 24.4 Å². The molecular weight excluding hydrogens is 368 g/mol. The lowest BCUT2D eigenvalue weighted by Crippen LogP contribution is -2.36. The molecular formula is C24H34O5. The molecule has 0 saturated carbocycles. The Morgan fingerprint density at radius 2 is 1.45 bits per heavy atom.